The average molecular weight is 377 g/mol. The Morgan fingerprint density at radius 1 is 1.11 bits per heavy atom. The van der Waals surface area contributed by atoms with Crippen molar-refractivity contribution in [3.05, 3.63) is 59.8 Å². The third-order valence-electron chi connectivity index (χ3n) is 5.09. The molecule has 1 aliphatic heterocycles. The van der Waals surface area contributed by atoms with Gasteiger partial charge in [0.05, 0.1) is 11.6 Å². The third kappa shape index (κ3) is 4.61. The van der Waals surface area contributed by atoms with Crippen LogP contribution >= 0.6 is 0 Å². The number of anilines is 1. The van der Waals surface area contributed by atoms with E-state index in [9.17, 15) is 10.1 Å². The van der Waals surface area contributed by atoms with Crippen LogP contribution in [0.25, 0.3) is 0 Å². The molecule has 2 amide bonds. The molecular formula is C22H27N5O. The minimum atomic E-state index is -0.0362. The molecule has 0 aliphatic carbocycles. The van der Waals surface area contributed by atoms with Gasteiger partial charge in [-0.05, 0) is 30.0 Å². The number of pyridine rings is 1. The molecule has 0 saturated carbocycles. The molecule has 28 heavy (non-hydrogen) atoms. The number of hydrogen-bond acceptors (Lipinski definition) is 4. The van der Waals surface area contributed by atoms with Crippen molar-refractivity contribution >= 4 is 11.8 Å². The first kappa shape index (κ1) is 19.7. The molecule has 146 valence electrons. The summed E-state index contributed by atoms with van der Waals surface area (Å²) >= 11 is 0. The van der Waals surface area contributed by atoms with Gasteiger partial charge in [-0.3, -0.25) is 0 Å². The van der Waals surface area contributed by atoms with Crippen molar-refractivity contribution in [3.63, 3.8) is 0 Å². The number of rotatable bonds is 4. The van der Waals surface area contributed by atoms with Gasteiger partial charge < -0.3 is 15.1 Å². The summed E-state index contributed by atoms with van der Waals surface area (Å²) in [5.74, 6) is 0.998. The van der Waals surface area contributed by atoms with Gasteiger partial charge in [-0.2, -0.15) is 5.26 Å². The van der Waals surface area contributed by atoms with Crippen molar-refractivity contribution < 1.29 is 4.79 Å². The molecular weight excluding hydrogens is 350 g/mol. The Hall–Kier alpha value is -3.07. The lowest BCUT2D eigenvalue weighted by Crippen LogP contribution is -2.44. The minimum absolute atomic E-state index is 0.0194. The van der Waals surface area contributed by atoms with Crippen LogP contribution in [-0.4, -0.2) is 42.1 Å². The number of nitrogens with zero attached hydrogens (tertiary/aromatic N) is 4. The highest BCUT2D eigenvalue weighted by Gasteiger charge is 2.24. The van der Waals surface area contributed by atoms with E-state index >= 15 is 0 Å². The van der Waals surface area contributed by atoms with Gasteiger partial charge in [0.2, 0.25) is 0 Å². The van der Waals surface area contributed by atoms with Crippen LogP contribution in [0.15, 0.2) is 48.7 Å². The Morgan fingerprint density at radius 3 is 2.61 bits per heavy atom. The topological polar surface area (TPSA) is 72.3 Å². The molecule has 2 heterocycles. The lowest BCUT2D eigenvalue weighted by atomic mass is 9.96. The van der Waals surface area contributed by atoms with Crippen molar-refractivity contribution in [2.45, 2.75) is 26.3 Å². The Morgan fingerprint density at radius 2 is 1.89 bits per heavy atom. The molecule has 1 aromatic heterocycles. The van der Waals surface area contributed by atoms with E-state index in [1.54, 1.807) is 18.3 Å². The van der Waals surface area contributed by atoms with Crippen molar-refractivity contribution in [3.8, 4) is 6.07 Å². The summed E-state index contributed by atoms with van der Waals surface area (Å²) < 4.78 is 0. The molecule has 6 heteroatoms. The number of hydrogen-bond donors (Lipinski definition) is 1. The van der Waals surface area contributed by atoms with E-state index in [1.807, 2.05) is 23.1 Å². The number of amides is 2. The highest BCUT2D eigenvalue weighted by Crippen LogP contribution is 2.22. The van der Waals surface area contributed by atoms with Crippen LogP contribution in [-0.2, 0) is 0 Å². The Bertz CT molecular complexity index is 830. The number of benzene rings is 1. The lowest BCUT2D eigenvalue weighted by molar-refractivity contribution is 0.193. The largest absolute Gasteiger partial charge is 0.354 e. The fraction of sp³-hybridized carbons (Fsp3) is 0.409. The third-order valence-corrected chi connectivity index (χ3v) is 5.09. The molecule has 1 unspecified atom stereocenters. The highest BCUT2D eigenvalue weighted by molar-refractivity contribution is 5.75. The van der Waals surface area contributed by atoms with Gasteiger partial charge in [-0.15, -0.1) is 0 Å². The number of nitrogens with one attached hydrogen (secondary N) is 1. The van der Waals surface area contributed by atoms with Gasteiger partial charge in [0.15, 0.2) is 0 Å². The second-order valence-corrected chi connectivity index (χ2v) is 7.40. The van der Waals surface area contributed by atoms with Gasteiger partial charge in [-0.25, -0.2) is 9.78 Å². The minimum Gasteiger partial charge on any atom is -0.354 e. The summed E-state index contributed by atoms with van der Waals surface area (Å²) in [5.41, 5.74) is 1.69. The Balaban J connectivity index is 1.66. The first-order valence-electron chi connectivity index (χ1n) is 9.80. The molecule has 1 atom stereocenters. The van der Waals surface area contributed by atoms with Gasteiger partial charge in [0.25, 0.3) is 0 Å². The fourth-order valence-electron chi connectivity index (χ4n) is 3.59. The second kappa shape index (κ2) is 9.23. The van der Waals surface area contributed by atoms with Gasteiger partial charge in [0.1, 0.15) is 11.9 Å². The van der Waals surface area contributed by atoms with Gasteiger partial charge >= 0.3 is 6.03 Å². The van der Waals surface area contributed by atoms with Crippen molar-refractivity contribution in [1.29, 1.82) is 5.26 Å². The van der Waals surface area contributed by atoms with E-state index < -0.39 is 0 Å². The zero-order valence-corrected chi connectivity index (χ0v) is 16.5. The molecule has 1 fully saturated rings. The van der Waals surface area contributed by atoms with Crippen LogP contribution in [0.4, 0.5) is 10.6 Å². The van der Waals surface area contributed by atoms with Crippen LogP contribution in [0.1, 0.15) is 37.4 Å². The number of nitriles is 1. The molecule has 0 bridgehead atoms. The molecule has 6 nitrogen and oxygen atoms in total. The standard InChI is InChI=1S/C22H27N5O/c1-17(2)20(18-8-4-3-5-9-18)25-22(28)27-13-7-12-26(14-15-27)21-19(16-23)10-6-11-24-21/h3-6,8-11,17,20H,7,12-15H2,1-2H3,(H,25,28). The maximum Gasteiger partial charge on any atom is 0.317 e. The van der Waals surface area contributed by atoms with E-state index in [0.29, 0.717) is 36.9 Å². The van der Waals surface area contributed by atoms with Crippen LogP contribution in [0, 0.1) is 17.2 Å². The SMILES string of the molecule is CC(C)C(NC(=O)N1CCCN(c2ncccc2C#N)CC1)c1ccccc1. The molecule has 1 saturated heterocycles. The first-order chi connectivity index (χ1) is 13.6. The molecule has 3 rings (SSSR count). The Kier molecular flexibility index (Phi) is 6.49. The van der Waals surface area contributed by atoms with E-state index in [0.717, 1.165) is 18.5 Å². The second-order valence-electron chi connectivity index (χ2n) is 7.40. The highest BCUT2D eigenvalue weighted by atomic mass is 16.2. The lowest BCUT2D eigenvalue weighted by Gasteiger charge is -2.28. The zero-order chi connectivity index (χ0) is 19.9. The van der Waals surface area contributed by atoms with Crippen molar-refractivity contribution in [1.82, 2.24) is 15.2 Å². The predicted octanol–water partition coefficient (Wildman–Crippen LogP) is 3.57. The van der Waals surface area contributed by atoms with E-state index in [4.69, 9.17) is 0 Å². The number of aromatic nitrogens is 1. The first-order valence-corrected chi connectivity index (χ1v) is 9.80. The number of carbonyl (C=O) groups is 1. The average Bonchev–Trinajstić information content (AvgIpc) is 2.98. The normalized spacial score (nSPS) is 15.6. The quantitative estimate of drug-likeness (QED) is 0.884. The molecule has 1 aliphatic rings. The molecule has 0 radical (unpaired) electrons. The summed E-state index contributed by atoms with van der Waals surface area (Å²) in [5, 5.41) is 12.5. The maximum atomic E-state index is 12.9. The Labute approximate surface area is 166 Å². The zero-order valence-electron chi connectivity index (χ0n) is 16.5. The van der Waals surface area contributed by atoms with Crippen molar-refractivity contribution in [2.75, 3.05) is 31.1 Å². The van der Waals surface area contributed by atoms with Crippen molar-refractivity contribution in [2.24, 2.45) is 5.92 Å². The van der Waals surface area contributed by atoms with Crippen LogP contribution < -0.4 is 10.2 Å². The fourth-order valence-corrected chi connectivity index (χ4v) is 3.59. The molecule has 2 aromatic rings. The number of urea groups is 1. The van der Waals surface area contributed by atoms with Gasteiger partial charge in [0, 0.05) is 32.4 Å². The van der Waals surface area contributed by atoms with E-state index in [2.05, 4.69) is 47.3 Å². The van der Waals surface area contributed by atoms with E-state index in [-0.39, 0.29) is 12.1 Å². The molecule has 0 spiro atoms. The monoisotopic (exact) mass is 377 g/mol. The van der Waals surface area contributed by atoms with Crippen LogP contribution in [0.5, 0.6) is 0 Å². The van der Waals surface area contributed by atoms with Crippen LogP contribution in [0.3, 0.4) is 0 Å². The maximum absolute atomic E-state index is 12.9. The van der Waals surface area contributed by atoms with Crippen LogP contribution in [0.2, 0.25) is 0 Å². The number of carbonyl (C=O) groups excluding carboxylic acids is 1. The summed E-state index contributed by atoms with van der Waals surface area (Å²) in [6.45, 7) is 6.97. The van der Waals surface area contributed by atoms with Gasteiger partial charge in [-0.1, -0.05) is 44.2 Å². The smallest absolute Gasteiger partial charge is 0.317 e. The molecule has 1 aromatic carbocycles. The van der Waals surface area contributed by atoms with E-state index in [1.165, 1.54) is 0 Å². The summed E-state index contributed by atoms with van der Waals surface area (Å²) in [4.78, 5) is 21.3. The summed E-state index contributed by atoms with van der Waals surface area (Å²) in [6.07, 6.45) is 2.55. The molecule has 1 N–H and O–H groups in total. The summed E-state index contributed by atoms with van der Waals surface area (Å²) in [6, 6.07) is 15.8. The predicted molar refractivity (Wildman–Crippen MR) is 110 cm³/mol. The summed E-state index contributed by atoms with van der Waals surface area (Å²) in [7, 11) is 0.